The lowest BCUT2D eigenvalue weighted by Crippen LogP contribution is -2.17. The number of carbonyl (C=O) groups is 2. The first-order valence-electron chi connectivity index (χ1n) is 12.6. The molecule has 7 nitrogen and oxygen atoms in total. The number of esters is 1. The number of fused-ring (bicyclic) bond motifs is 1. The van der Waals surface area contributed by atoms with Gasteiger partial charge in [-0.15, -0.1) is 33.3 Å². The van der Waals surface area contributed by atoms with Crippen LogP contribution >= 0.6 is 34.9 Å². The number of hydrogen-bond acceptors (Lipinski definition) is 8. The van der Waals surface area contributed by atoms with E-state index in [1.54, 1.807) is 18.7 Å². The number of thiophene rings is 1. The Morgan fingerprint density at radius 3 is 2.50 bits per heavy atom. The third kappa shape index (κ3) is 6.14. The maximum Gasteiger partial charge on any atom is 0.341 e. The molecule has 1 amide bonds. The molecule has 0 unspecified atom stereocenters. The number of thioether (sulfide) groups is 2. The molecular weight excluding hydrogens is 537 g/mol. The minimum absolute atomic E-state index is 0.141. The van der Waals surface area contributed by atoms with Crippen molar-refractivity contribution in [2.75, 3.05) is 17.7 Å². The molecule has 4 aromatic rings. The summed E-state index contributed by atoms with van der Waals surface area (Å²) in [5, 5.41) is 13.1. The number of nitrogens with zero attached hydrogens (tertiary/aromatic N) is 3. The third-order valence-corrected chi connectivity index (χ3v) is 9.21. The van der Waals surface area contributed by atoms with E-state index in [1.807, 2.05) is 53.1 Å². The summed E-state index contributed by atoms with van der Waals surface area (Å²) in [7, 11) is 0. The maximum atomic E-state index is 13.1. The first-order valence-corrected chi connectivity index (χ1v) is 15.3. The second-order valence-corrected chi connectivity index (χ2v) is 11.7. The number of para-hydroxylation sites is 1. The van der Waals surface area contributed by atoms with E-state index in [-0.39, 0.29) is 17.6 Å². The number of benzene rings is 2. The first-order chi connectivity index (χ1) is 18.6. The minimum Gasteiger partial charge on any atom is -0.462 e. The molecule has 0 saturated carbocycles. The van der Waals surface area contributed by atoms with Gasteiger partial charge in [0.05, 0.1) is 23.7 Å². The fourth-order valence-corrected chi connectivity index (χ4v) is 7.25. The van der Waals surface area contributed by atoms with E-state index in [4.69, 9.17) is 4.74 Å². The monoisotopic (exact) mass is 564 g/mol. The highest BCUT2D eigenvalue weighted by atomic mass is 32.2. The van der Waals surface area contributed by atoms with Crippen molar-refractivity contribution >= 4 is 51.7 Å². The van der Waals surface area contributed by atoms with Crippen molar-refractivity contribution in [1.29, 1.82) is 0 Å². The molecule has 0 aliphatic heterocycles. The molecule has 10 heteroatoms. The molecule has 196 valence electrons. The summed E-state index contributed by atoms with van der Waals surface area (Å²) >= 11 is 4.51. The second-order valence-electron chi connectivity index (χ2n) is 8.64. The third-order valence-electron chi connectivity index (χ3n) is 6.06. The zero-order valence-electron chi connectivity index (χ0n) is 21.0. The molecule has 1 N–H and O–H groups in total. The standard InChI is InChI=1S/C28H28N4O3S3/c1-2-35-27(34)25-21-15-9-10-16-22(21)38-26(25)29-24(33)18-37-28-31-30-23(17-36-20-13-7-4-8-14-20)32(28)19-11-5-3-6-12-19/h3-8,11-14H,2,9-10,15-18H2,1H3,(H,29,33). The van der Waals surface area contributed by atoms with Crippen molar-refractivity contribution in [3.05, 3.63) is 82.5 Å². The van der Waals surface area contributed by atoms with Gasteiger partial charge in [-0.1, -0.05) is 48.2 Å². The van der Waals surface area contributed by atoms with E-state index < -0.39 is 0 Å². The summed E-state index contributed by atoms with van der Waals surface area (Å²) in [4.78, 5) is 28.1. The SMILES string of the molecule is CCOC(=O)c1c(NC(=O)CSc2nnc(CSc3ccccc3)n2-c2ccccc2)sc2c1CCCC2. The number of ether oxygens (including phenoxy) is 1. The fraction of sp³-hybridized carbons (Fsp3) is 0.286. The van der Waals surface area contributed by atoms with Crippen molar-refractivity contribution in [2.45, 2.75) is 48.4 Å². The smallest absolute Gasteiger partial charge is 0.341 e. The van der Waals surface area contributed by atoms with Crippen LogP contribution in [0.2, 0.25) is 0 Å². The van der Waals surface area contributed by atoms with Gasteiger partial charge in [0, 0.05) is 15.5 Å². The molecule has 0 bridgehead atoms. The quantitative estimate of drug-likeness (QED) is 0.176. The molecule has 2 heterocycles. The molecule has 1 aliphatic carbocycles. The van der Waals surface area contributed by atoms with Crippen LogP contribution in [0.1, 0.15) is 46.4 Å². The molecule has 0 radical (unpaired) electrons. The van der Waals surface area contributed by atoms with Gasteiger partial charge in [0.25, 0.3) is 0 Å². The summed E-state index contributed by atoms with van der Waals surface area (Å²) in [5.74, 6) is 1.04. The van der Waals surface area contributed by atoms with E-state index in [0.717, 1.165) is 47.7 Å². The zero-order chi connectivity index (χ0) is 26.3. The van der Waals surface area contributed by atoms with Crippen molar-refractivity contribution in [2.24, 2.45) is 0 Å². The van der Waals surface area contributed by atoms with Crippen molar-refractivity contribution in [3.8, 4) is 5.69 Å². The maximum absolute atomic E-state index is 13.1. The Morgan fingerprint density at radius 2 is 1.74 bits per heavy atom. The molecule has 2 aromatic heterocycles. The van der Waals surface area contributed by atoms with Crippen LogP contribution in [0.15, 0.2) is 70.7 Å². The Balaban J connectivity index is 1.32. The number of aromatic nitrogens is 3. The van der Waals surface area contributed by atoms with Gasteiger partial charge >= 0.3 is 5.97 Å². The van der Waals surface area contributed by atoms with E-state index in [2.05, 4.69) is 27.6 Å². The lowest BCUT2D eigenvalue weighted by atomic mass is 9.95. The van der Waals surface area contributed by atoms with Gasteiger partial charge in [-0.3, -0.25) is 9.36 Å². The number of hydrogen-bond donors (Lipinski definition) is 1. The van der Waals surface area contributed by atoms with Crippen LogP contribution in [0.5, 0.6) is 0 Å². The lowest BCUT2D eigenvalue weighted by Gasteiger charge is -2.12. The average molecular weight is 565 g/mol. The van der Waals surface area contributed by atoms with E-state index in [9.17, 15) is 9.59 Å². The number of carbonyl (C=O) groups excluding carboxylic acids is 2. The van der Waals surface area contributed by atoms with Crippen LogP contribution in [-0.4, -0.2) is 39.0 Å². The van der Waals surface area contributed by atoms with Gasteiger partial charge in [-0.05, 0) is 62.4 Å². The highest BCUT2D eigenvalue weighted by Gasteiger charge is 2.27. The van der Waals surface area contributed by atoms with E-state index in [0.29, 0.717) is 28.1 Å². The van der Waals surface area contributed by atoms with Gasteiger partial charge < -0.3 is 10.1 Å². The highest BCUT2D eigenvalue weighted by Crippen LogP contribution is 2.39. The average Bonchev–Trinajstić information content (AvgIpc) is 3.52. The Kier molecular flexibility index (Phi) is 8.83. The van der Waals surface area contributed by atoms with Crippen molar-refractivity contribution in [3.63, 3.8) is 0 Å². The summed E-state index contributed by atoms with van der Waals surface area (Å²) in [5.41, 5.74) is 2.50. The number of aryl methyl sites for hydroxylation is 1. The van der Waals surface area contributed by atoms with Crippen LogP contribution in [0.25, 0.3) is 5.69 Å². The van der Waals surface area contributed by atoms with E-state index in [1.165, 1.54) is 28.0 Å². The largest absolute Gasteiger partial charge is 0.462 e. The topological polar surface area (TPSA) is 86.1 Å². The molecule has 38 heavy (non-hydrogen) atoms. The first kappa shape index (κ1) is 26.5. The number of nitrogens with one attached hydrogen (secondary N) is 1. The fourth-order valence-electron chi connectivity index (χ4n) is 4.35. The molecule has 0 fully saturated rings. The Morgan fingerprint density at radius 1 is 1.00 bits per heavy atom. The summed E-state index contributed by atoms with van der Waals surface area (Å²) in [6.07, 6.45) is 3.91. The Bertz CT molecular complexity index is 1400. The molecule has 0 saturated heterocycles. The lowest BCUT2D eigenvalue weighted by molar-refractivity contribution is -0.113. The van der Waals surface area contributed by atoms with Gasteiger partial charge in [-0.2, -0.15) is 0 Å². The second kappa shape index (κ2) is 12.6. The molecule has 0 spiro atoms. The van der Waals surface area contributed by atoms with Crippen molar-refractivity contribution in [1.82, 2.24) is 14.8 Å². The van der Waals surface area contributed by atoms with Crippen LogP contribution in [0.4, 0.5) is 5.00 Å². The molecule has 5 rings (SSSR count). The summed E-state index contributed by atoms with van der Waals surface area (Å²) in [6, 6.07) is 20.1. The predicted molar refractivity (Wildman–Crippen MR) is 154 cm³/mol. The number of anilines is 1. The van der Waals surface area contributed by atoms with Crippen LogP contribution < -0.4 is 5.32 Å². The van der Waals surface area contributed by atoms with Gasteiger partial charge in [-0.25, -0.2) is 4.79 Å². The zero-order valence-corrected chi connectivity index (χ0v) is 23.5. The summed E-state index contributed by atoms with van der Waals surface area (Å²) in [6.45, 7) is 2.09. The van der Waals surface area contributed by atoms with E-state index >= 15 is 0 Å². The normalized spacial score (nSPS) is 12.7. The number of rotatable bonds is 10. The molecular formula is C28H28N4O3S3. The minimum atomic E-state index is -0.362. The molecule has 0 atom stereocenters. The van der Waals surface area contributed by atoms with Gasteiger partial charge in [0.15, 0.2) is 5.16 Å². The number of amides is 1. The summed E-state index contributed by atoms with van der Waals surface area (Å²) < 4.78 is 7.32. The predicted octanol–water partition coefficient (Wildman–Crippen LogP) is 6.41. The van der Waals surface area contributed by atoms with Crippen molar-refractivity contribution < 1.29 is 14.3 Å². The Hall–Kier alpha value is -3.08. The molecule has 2 aromatic carbocycles. The van der Waals surface area contributed by atoms with Crippen LogP contribution in [-0.2, 0) is 28.1 Å². The Labute approximate surface area is 234 Å². The van der Waals surface area contributed by atoms with Gasteiger partial charge in [0.1, 0.15) is 10.8 Å². The molecule has 1 aliphatic rings. The van der Waals surface area contributed by atoms with Crippen LogP contribution in [0, 0.1) is 0 Å². The van der Waals surface area contributed by atoms with Gasteiger partial charge in [0.2, 0.25) is 5.91 Å². The van der Waals surface area contributed by atoms with Crippen LogP contribution in [0.3, 0.4) is 0 Å². The highest BCUT2D eigenvalue weighted by molar-refractivity contribution is 7.99.